The average molecular weight is 200 g/mol. The van der Waals surface area contributed by atoms with Crippen LogP contribution in [0.1, 0.15) is 0 Å². The summed E-state index contributed by atoms with van der Waals surface area (Å²) in [5.74, 6) is 0. The minimum atomic E-state index is -2.33. The van der Waals surface area contributed by atoms with E-state index < -0.39 is 6.43 Å². The number of benzene rings is 1. The average Bonchev–Trinajstić information content (AvgIpc) is 2.15. The molecule has 0 spiro atoms. The van der Waals surface area contributed by atoms with Gasteiger partial charge in [-0.15, -0.1) is 0 Å². The van der Waals surface area contributed by atoms with Crippen LogP contribution in [0.2, 0.25) is 0 Å². The van der Waals surface area contributed by atoms with Crippen molar-refractivity contribution >= 4 is 11.4 Å². The molecule has 0 atom stereocenters. The first kappa shape index (κ1) is 10.8. The zero-order valence-electron chi connectivity index (χ0n) is 8.30. The quantitative estimate of drug-likeness (QED) is 0.803. The molecule has 0 saturated heterocycles. The summed E-state index contributed by atoms with van der Waals surface area (Å²) in [6, 6.07) is 7.37. The predicted molar refractivity (Wildman–Crippen MR) is 55.3 cm³/mol. The molecule has 0 fully saturated rings. The molecule has 0 radical (unpaired) electrons. The van der Waals surface area contributed by atoms with Crippen molar-refractivity contribution in [3.8, 4) is 0 Å². The number of rotatable bonds is 4. The highest BCUT2D eigenvalue weighted by Crippen LogP contribution is 2.23. The SMILES string of the molecule is CN(C)c1ccccc1NCC(F)F. The van der Waals surface area contributed by atoms with Crippen LogP contribution in [0.15, 0.2) is 24.3 Å². The topological polar surface area (TPSA) is 15.3 Å². The lowest BCUT2D eigenvalue weighted by Gasteiger charge is -2.18. The summed E-state index contributed by atoms with van der Waals surface area (Å²) in [5, 5.41) is 2.70. The third-order valence-corrected chi connectivity index (χ3v) is 1.83. The Bertz CT molecular complexity index is 287. The van der Waals surface area contributed by atoms with Crippen molar-refractivity contribution in [1.82, 2.24) is 0 Å². The largest absolute Gasteiger partial charge is 0.378 e. The van der Waals surface area contributed by atoms with Crippen LogP contribution in [-0.2, 0) is 0 Å². The van der Waals surface area contributed by atoms with E-state index in [-0.39, 0.29) is 6.54 Å². The number of anilines is 2. The first-order chi connectivity index (χ1) is 6.61. The molecule has 4 heteroatoms. The van der Waals surface area contributed by atoms with Crippen LogP contribution in [0.5, 0.6) is 0 Å². The van der Waals surface area contributed by atoms with Gasteiger partial charge >= 0.3 is 0 Å². The molecule has 0 aromatic heterocycles. The van der Waals surface area contributed by atoms with E-state index in [0.29, 0.717) is 0 Å². The van der Waals surface area contributed by atoms with E-state index in [0.717, 1.165) is 11.4 Å². The van der Waals surface area contributed by atoms with Gasteiger partial charge in [0.15, 0.2) is 0 Å². The predicted octanol–water partition coefficient (Wildman–Crippen LogP) is 2.43. The van der Waals surface area contributed by atoms with Crippen LogP contribution in [-0.4, -0.2) is 27.1 Å². The van der Waals surface area contributed by atoms with E-state index in [4.69, 9.17) is 0 Å². The summed E-state index contributed by atoms with van der Waals surface area (Å²) in [4.78, 5) is 1.88. The fourth-order valence-corrected chi connectivity index (χ4v) is 1.20. The molecule has 1 aromatic carbocycles. The Morgan fingerprint density at radius 1 is 1.29 bits per heavy atom. The van der Waals surface area contributed by atoms with Crippen molar-refractivity contribution in [3.63, 3.8) is 0 Å². The minimum Gasteiger partial charge on any atom is -0.378 e. The molecule has 0 amide bonds. The lowest BCUT2D eigenvalue weighted by atomic mass is 10.2. The molecular formula is C10H14F2N2. The summed E-state index contributed by atoms with van der Waals surface area (Å²) in [7, 11) is 3.76. The molecule has 14 heavy (non-hydrogen) atoms. The molecule has 78 valence electrons. The summed E-state index contributed by atoms with van der Waals surface area (Å²) in [6.07, 6.45) is -2.33. The Hall–Kier alpha value is -1.32. The van der Waals surface area contributed by atoms with Crippen molar-refractivity contribution in [2.75, 3.05) is 30.9 Å². The van der Waals surface area contributed by atoms with Gasteiger partial charge in [-0.25, -0.2) is 8.78 Å². The third kappa shape index (κ3) is 2.87. The van der Waals surface area contributed by atoms with Crippen LogP contribution in [0.4, 0.5) is 20.2 Å². The lowest BCUT2D eigenvalue weighted by Crippen LogP contribution is -2.15. The highest BCUT2D eigenvalue weighted by atomic mass is 19.3. The Morgan fingerprint density at radius 2 is 1.93 bits per heavy atom. The second-order valence-corrected chi connectivity index (χ2v) is 3.18. The fourth-order valence-electron chi connectivity index (χ4n) is 1.20. The van der Waals surface area contributed by atoms with Crippen molar-refractivity contribution in [2.24, 2.45) is 0 Å². The van der Waals surface area contributed by atoms with Gasteiger partial charge in [0.2, 0.25) is 0 Å². The molecule has 1 aromatic rings. The summed E-state index contributed by atoms with van der Waals surface area (Å²) >= 11 is 0. The maximum Gasteiger partial charge on any atom is 0.255 e. The molecule has 1 N–H and O–H groups in total. The number of nitrogens with zero attached hydrogens (tertiary/aromatic N) is 1. The molecule has 1 rings (SSSR count). The molecule has 2 nitrogen and oxygen atoms in total. The van der Waals surface area contributed by atoms with E-state index in [2.05, 4.69) is 5.32 Å². The molecule has 0 aliphatic rings. The van der Waals surface area contributed by atoms with Crippen molar-refractivity contribution in [1.29, 1.82) is 0 Å². The molecule has 0 saturated carbocycles. The van der Waals surface area contributed by atoms with Crippen LogP contribution in [0.25, 0.3) is 0 Å². The fraction of sp³-hybridized carbons (Fsp3) is 0.400. The highest BCUT2D eigenvalue weighted by molar-refractivity contribution is 5.69. The maximum absolute atomic E-state index is 12.0. The smallest absolute Gasteiger partial charge is 0.255 e. The van der Waals surface area contributed by atoms with E-state index in [9.17, 15) is 8.78 Å². The van der Waals surface area contributed by atoms with Gasteiger partial charge in [-0.05, 0) is 12.1 Å². The van der Waals surface area contributed by atoms with Crippen molar-refractivity contribution in [2.45, 2.75) is 6.43 Å². The number of halogens is 2. The van der Waals surface area contributed by atoms with Gasteiger partial charge in [-0.2, -0.15) is 0 Å². The summed E-state index contributed by atoms with van der Waals surface area (Å²) in [6.45, 7) is -0.315. The van der Waals surface area contributed by atoms with Gasteiger partial charge in [-0.1, -0.05) is 12.1 Å². The number of nitrogens with one attached hydrogen (secondary N) is 1. The van der Waals surface area contributed by atoms with E-state index >= 15 is 0 Å². The normalized spacial score (nSPS) is 10.4. The summed E-state index contributed by atoms with van der Waals surface area (Å²) < 4.78 is 24.0. The van der Waals surface area contributed by atoms with E-state index in [1.165, 1.54) is 0 Å². The lowest BCUT2D eigenvalue weighted by molar-refractivity contribution is 0.163. The Labute approximate surface area is 82.5 Å². The molecule has 0 unspecified atom stereocenters. The molecular weight excluding hydrogens is 186 g/mol. The zero-order chi connectivity index (χ0) is 10.6. The standard InChI is InChI=1S/C10H14F2N2/c1-14(2)9-6-4-3-5-8(9)13-7-10(11)12/h3-6,10,13H,7H2,1-2H3. The van der Waals surface area contributed by atoms with Gasteiger partial charge in [0, 0.05) is 14.1 Å². The highest BCUT2D eigenvalue weighted by Gasteiger charge is 2.05. The molecule has 0 heterocycles. The molecule has 0 bridgehead atoms. The van der Waals surface area contributed by atoms with Crippen LogP contribution in [0, 0.1) is 0 Å². The first-order valence-corrected chi connectivity index (χ1v) is 4.39. The van der Waals surface area contributed by atoms with Crippen molar-refractivity contribution in [3.05, 3.63) is 24.3 Å². The van der Waals surface area contributed by atoms with Crippen molar-refractivity contribution < 1.29 is 8.78 Å². The summed E-state index contributed by atoms with van der Waals surface area (Å²) in [5.41, 5.74) is 1.64. The second kappa shape index (κ2) is 4.79. The number of para-hydroxylation sites is 2. The monoisotopic (exact) mass is 200 g/mol. The van der Waals surface area contributed by atoms with E-state index in [1.807, 2.05) is 37.2 Å². The maximum atomic E-state index is 12.0. The van der Waals surface area contributed by atoms with Gasteiger partial charge in [-0.3, -0.25) is 0 Å². The minimum absolute atomic E-state index is 0.315. The number of hydrogen-bond acceptors (Lipinski definition) is 2. The second-order valence-electron chi connectivity index (χ2n) is 3.18. The van der Waals surface area contributed by atoms with Gasteiger partial charge in [0.25, 0.3) is 6.43 Å². The van der Waals surface area contributed by atoms with Crippen LogP contribution >= 0.6 is 0 Å². The number of hydrogen-bond donors (Lipinski definition) is 1. The van der Waals surface area contributed by atoms with Crippen LogP contribution in [0.3, 0.4) is 0 Å². The third-order valence-electron chi connectivity index (χ3n) is 1.83. The number of alkyl halides is 2. The van der Waals surface area contributed by atoms with Gasteiger partial charge in [0.1, 0.15) is 0 Å². The van der Waals surface area contributed by atoms with Gasteiger partial charge in [0.05, 0.1) is 17.9 Å². The van der Waals surface area contributed by atoms with Crippen LogP contribution < -0.4 is 10.2 Å². The Balaban J connectivity index is 2.74. The molecule has 0 aliphatic carbocycles. The van der Waals surface area contributed by atoms with Gasteiger partial charge < -0.3 is 10.2 Å². The Kier molecular flexibility index (Phi) is 3.68. The Morgan fingerprint density at radius 3 is 2.50 bits per heavy atom. The molecule has 0 aliphatic heterocycles. The first-order valence-electron chi connectivity index (χ1n) is 4.39. The van der Waals surface area contributed by atoms with E-state index in [1.54, 1.807) is 6.07 Å². The zero-order valence-corrected chi connectivity index (χ0v) is 8.30.